The van der Waals surface area contributed by atoms with Gasteiger partial charge in [0.2, 0.25) is 5.91 Å². The van der Waals surface area contributed by atoms with Crippen molar-refractivity contribution in [2.45, 2.75) is 26.9 Å². The minimum atomic E-state index is -0.558. The summed E-state index contributed by atoms with van der Waals surface area (Å²) in [5.41, 5.74) is 1.57. The Balaban J connectivity index is 1.80. The van der Waals surface area contributed by atoms with Gasteiger partial charge in [0.05, 0.1) is 30.2 Å². The molecule has 3 rings (SSSR count). The van der Waals surface area contributed by atoms with Crippen LogP contribution in [-0.2, 0) is 9.53 Å². The second-order valence-corrected chi connectivity index (χ2v) is 5.99. The normalized spacial score (nSPS) is 16.9. The second-order valence-electron chi connectivity index (χ2n) is 5.99. The van der Waals surface area contributed by atoms with E-state index in [1.165, 1.54) is 17.9 Å². The van der Waals surface area contributed by atoms with Crippen LogP contribution in [0.25, 0.3) is 5.69 Å². The van der Waals surface area contributed by atoms with Gasteiger partial charge in [0.15, 0.2) is 0 Å². The van der Waals surface area contributed by atoms with Gasteiger partial charge in [-0.2, -0.15) is 0 Å². The summed E-state index contributed by atoms with van der Waals surface area (Å²) in [7, 11) is 0. The lowest BCUT2D eigenvalue weighted by Crippen LogP contribution is -2.33. The molecule has 2 heterocycles. The fraction of sp³-hybridized carbons (Fsp3) is 0.353. The molecule has 0 spiro atoms. The zero-order chi connectivity index (χ0) is 18.1. The summed E-state index contributed by atoms with van der Waals surface area (Å²) < 4.78 is 21.4. The van der Waals surface area contributed by atoms with Gasteiger partial charge in [-0.05, 0) is 32.0 Å². The predicted octanol–water partition coefficient (Wildman–Crippen LogP) is 2.09. The summed E-state index contributed by atoms with van der Waals surface area (Å²) in [6.07, 6.45) is 0.732. The Morgan fingerprint density at radius 1 is 1.44 bits per heavy atom. The SMILES string of the molecule is CC(=O)NC[C@H]1CN(c2ccc(-n3cc(C)nc3C)c(F)c2)C(=O)O1. The summed E-state index contributed by atoms with van der Waals surface area (Å²) in [4.78, 5) is 28.6. The Morgan fingerprint density at radius 3 is 2.80 bits per heavy atom. The smallest absolute Gasteiger partial charge is 0.414 e. The molecule has 1 aromatic carbocycles. The first kappa shape index (κ1) is 16.9. The molecule has 1 atom stereocenters. The van der Waals surface area contributed by atoms with Gasteiger partial charge in [0.1, 0.15) is 17.7 Å². The van der Waals surface area contributed by atoms with Gasteiger partial charge in [-0.1, -0.05) is 0 Å². The van der Waals surface area contributed by atoms with Crippen LogP contribution >= 0.6 is 0 Å². The standard InChI is InChI=1S/C17H19FN4O3/c1-10-8-21(11(2)20-10)16-5-4-13(6-15(16)18)22-9-14(25-17(22)24)7-19-12(3)23/h4-6,8,14H,7,9H2,1-3H3,(H,19,23)/t14-/m0/s1. The highest BCUT2D eigenvalue weighted by atomic mass is 19.1. The molecule has 25 heavy (non-hydrogen) atoms. The third-order valence-electron chi connectivity index (χ3n) is 3.96. The van der Waals surface area contributed by atoms with Crippen molar-refractivity contribution in [2.75, 3.05) is 18.0 Å². The summed E-state index contributed by atoms with van der Waals surface area (Å²) in [6, 6.07) is 4.56. The number of halogens is 1. The number of aryl methyl sites for hydroxylation is 2. The predicted molar refractivity (Wildman–Crippen MR) is 89.3 cm³/mol. The van der Waals surface area contributed by atoms with E-state index in [9.17, 15) is 14.0 Å². The van der Waals surface area contributed by atoms with Crippen molar-refractivity contribution in [1.82, 2.24) is 14.9 Å². The van der Waals surface area contributed by atoms with Crippen LogP contribution in [0.5, 0.6) is 0 Å². The molecule has 0 aliphatic carbocycles. The Kier molecular flexibility index (Phi) is 4.43. The molecular weight excluding hydrogens is 327 g/mol. The number of hydrogen-bond donors (Lipinski definition) is 1. The van der Waals surface area contributed by atoms with Crippen LogP contribution in [0.15, 0.2) is 24.4 Å². The molecule has 2 amide bonds. The molecule has 7 nitrogen and oxygen atoms in total. The quantitative estimate of drug-likeness (QED) is 0.920. The number of carbonyl (C=O) groups excluding carboxylic acids is 2. The Hall–Kier alpha value is -2.90. The van der Waals surface area contributed by atoms with Crippen LogP contribution in [0.2, 0.25) is 0 Å². The number of nitrogens with zero attached hydrogens (tertiary/aromatic N) is 3. The highest BCUT2D eigenvalue weighted by Crippen LogP contribution is 2.26. The van der Waals surface area contributed by atoms with Gasteiger partial charge in [-0.15, -0.1) is 0 Å². The number of aromatic nitrogens is 2. The monoisotopic (exact) mass is 346 g/mol. The zero-order valence-corrected chi connectivity index (χ0v) is 14.2. The molecule has 1 aliphatic rings. The number of anilines is 1. The first-order valence-electron chi connectivity index (χ1n) is 7.90. The van der Waals surface area contributed by atoms with Crippen molar-refractivity contribution in [3.8, 4) is 5.69 Å². The van der Waals surface area contributed by atoms with E-state index >= 15 is 0 Å². The van der Waals surface area contributed by atoms with Crippen LogP contribution in [0.4, 0.5) is 14.9 Å². The lowest BCUT2D eigenvalue weighted by Gasteiger charge is -2.15. The molecule has 2 aromatic rings. The Morgan fingerprint density at radius 2 is 2.20 bits per heavy atom. The van der Waals surface area contributed by atoms with Crippen molar-refractivity contribution in [3.05, 3.63) is 41.7 Å². The lowest BCUT2D eigenvalue weighted by molar-refractivity contribution is -0.119. The Labute approximate surface area is 144 Å². The number of cyclic esters (lactones) is 1. The number of carbonyl (C=O) groups is 2. The lowest BCUT2D eigenvalue weighted by atomic mass is 10.2. The van der Waals surface area contributed by atoms with Gasteiger partial charge in [0, 0.05) is 13.1 Å². The molecule has 132 valence electrons. The van der Waals surface area contributed by atoms with Crippen molar-refractivity contribution in [3.63, 3.8) is 0 Å². The summed E-state index contributed by atoms with van der Waals surface area (Å²) >= 11 is 0. The number of benzene rings is 1. The molecule has 0 bridgehead atoms. The number of amides is 2. The third kappa shape index (κ3) is 3.47. The number of imidazole rings is 1. The molecule has 0 saturated carbocycles. The van der Waals surface area contributed by atoms with E-state index < -0.39 is 18.0 Å². The van der Waals surface area contributed by atoms with Crippen molar-refractivity contribution in [2.24, 2.45) is 0 Å². The number of hydrogen-bond acceptors (Lipinski definition) is 4. The van der Waals surface area contributed by atoms with E-state index in [0.717, 1.165) is 5.69 Å². The van der Waals surface area contributed by atoms with Crippen LogP contribution in [0, 0.1) is 19.7 Å². The maximum absolute atomic E-state index is 14.6. The second kappa shape index (κ2) is 6.54. The summed E-state index contributed by atoms with van der Waals surface area (Å²) in [6.45, 7) is 5.51. The van der Waals surface area contributed by atoms with Crippen LogP contribution in [0.3, 0.4) is 0 Å². The topological polar surface area (TPSA) is 76.5 Å². The first-order chi connectivity index (χ1) is 11.8. The van der Waals surface area contributed by atoms with Crippen molar-refractivity contribution in [1.29, 1.82) is 0 Å². The maximum atomic E-state index is 14.6. The fourth-order valence-corrected chi connectivity index (χ4v) is 2.82. The minimum absolute atomic E-state index is 0.198. The van der Waals surface area contributed by atoms with E-state index in [1.807, 2.05) is 6.92 Å². The highest BCUT2D eigenvalue weighted by Gasteiger charge is 2.32. The molecule has 0 radical (unpaired) electrons. The highest BCUT2D eigenvalue weighted by molar-refractivity contribution is 5.90. The van der Waals surface area contributed by atoms with E-state index in [2.05, 4.69) is 10.3 Å². The molecule has 1 aliphatic heterocycles. The molecule has 1 fully saturated rings. The third-order valence-corrected chi connectivity index (χ3v) is 3.96. The van der Waals surface area contributed by atoms with Gasteiger partial charge < -0.3 is 14.6 Å². The van der Waals surface area contributed by atoms with Crippen molar-refractivity contribution < 1.29 is 18.7 Å². The molecule has 1 aromatic heterocycles. The maximum Gasteiger partial charge on any atom is 0.414 e. The van der Waals surface area contributed by atoms with Gasteiger partial charge in [-0.25, -0.2) is 14.2 Å². The molecule has 1 N–H and O–H groups in total. The zero-order valence-electron chi connectivity index (χ0n) is 14.2. The van der Waals surface area contributed by atoms with Crippen LogP contribution in [-0.4, -0.2) is 40.7 Å². The summed E-state index contributed by atoms with van der Waals surface area (Å²) in [5, 5.41) is 2.60. The van der Waals surface area contributed by atoms with Gasteiger partial charge in [-0.3, -0.25) is 9.69 Å². The van der Waals surface area contributed by atoms with Crippen molar-refractivity contribution >= 4 is 17.7 Å². The Bertz CT molecular complexity index is 833. The average Bonchev–Trinajstić information content (AvgIpc) is 3.07. The number of ether oxygens (including phenoxy) is 1. The summed E-state index contributed by atoms with van der Waals surface area (Å²) in [5.74, 6) is 0.0205. The number of nitrogens with one attached hydrogen (secondary N) is 1. The van der Waals surface area contributed by atoms with E-state index in [1.54, 1.807) is 29.8 Å². The fourth-order valence-electron chi connectivity index (χ4n) is 2.82. The van der Waals surface area contributed by atoms with E-state index in [4.69, 9.17) is 4.74 Å². The van der Waals surface area contributed by atoms with Crippen LogP contribution in [0.1, 0.15) is 18.4 Å². The first-order valence-corrected chi connectivity index (χ1v) is 7.90. The van der Waals surface area contributed by atoms with Crippen LogP contribution < -0.4 is 10.2 Å². The molecule has 8 heteroatoms. The van der Waals surface area contributed by atoms with Gasteiger partial charge in [0.25, 0.3) is 0 Å². The van der Waals surface area contributed by atoms with E-state index in [-0.39, 0.29) is 19.0 Å². The average molecular weight is 346 g/mol. The molecule has 1 saturated heterocycles. The minimum Gasteiger partial charge on any atom is -0.442 e. The number of rotatable bonds is 4. The van der Waals surface area contributed by atoms with Gasteiger partial charge >= 0.3 is 6.09 Å². The molecular formula is C17H19FN4O3. The molecule has 0 unspecified atom stereocenters. The van der Waals surface area contributed by atoms with E-state index in [0.29, 0.717) is 17.2 Å². The largest absolute Gasteiger partial charge is 0.442 e.